The van der Waals surface area contributed by atoms with Crippen molar-refractivity contribution in [1.29, 1.82) is 0 Å². The summed E-state index contributed by atoms with van der Waals surface area (Å²) in [6, 6.07) is 0. The van der Waals surface area contributed by atoms with Crippen LogP contribution >= 0.6 is 11.3 Å². The van der Waals surface area contributed by atoms with Crippen LogP contribution in [-0.4, -0.2) is 42.0 Å². The van der Waals surface area contributed by atoms with Crippen molar-refractivity contribution in [3.8, 4) is 0 Å². The van der Waals surface area contributed by atoms with Gasteiger partial charge in [-0.25, -0.2) is 4.98 Å². The number of nitrogens with zero attached hydrogens (tertiary/aromatic N) is 3. The first-order valence-electron chi connectivity index (χ1n) is 9.71. The molecule has 0 radical (unpaired) electrons. The monoisotopic (exact) mass is 348 g/mol. The summed E-state index contributed by atoms with van der Waals surface area (Å²) >= 11 is 1.77. The van der Waals surface area contributed by atoms with Crippen LogP contribution in [0.25, 0.3) is 0 Å². The third kappa shape index (κ3) is 4.29. The first-order chi connectivity index (χ1) is 11.7. The van der Waals surface area contributed by atoms with Crippen LogP contribution < -0.4 is 5.32 Å². The van der Waals surface area contributed by atoms with Crippen molar-refractivity contribution >= 4 is 17.3 Å². The lowest BCUT2D eigenvalue weighted by Crippen LogP contribution is -2.41. The predicted octanol–water partition coefficient (Wildman–Crippen LogP) is 3.87. The number of aryl methyl sites for hydroxylation is 1. The minimum atomic E-state index is 0.583. The van der Waals surface area contributed by atoms with Gasteiger partial charge in [0, 0.05) is 38.0 Å². The van der Waals surface area contributed by atoms with Gasteiger partial charge in [0.15, 0.2) is 5.96 Å². The van der Waals surface area contributed by atoms with Crippen molar-refractivity contribution in [3.05, 3.63) is 16.1 Å². The Hall–Kier alpha value is -1.10. The number of hydrogen-bond acceptors (Lipinski definition) is 3. The van der Waals surface area contributed by atoms with Gasteiger partial charge in [-0.3, -0.25) is 4.99 Å². The molecule has 1 aliphatic heterocycles. The van der Waals surface area contributed by atoms with Crippen LogP contribution in [0.1, 0.15) is 63.1 Å². The summed E-state index contributed by atoms with van der Waals surface area (Å²) in [5.74, 6) is 1.12. The molecule has 0 unspecified atom stereocenters. The molecule has 0 amide bonds. The van der Waals surface area contributed by atoms with Crippen molar-refractivity contribution in [2.24, 2.45) is 10.4 Å². The Morgan fingerprint density at radius 1 is 1.29 bits per heavy atom. The Bertz CT molecular complexity index is 545. The second-order valence-electron chi connectivity index (χ2n) is 7.30. The van der Waals surface area contributed by atoms with E-state index in [4.69, 9.17) is 4.99 Å². The number of likely N-dealkylation sites (tertiary alicyclic amines) is 1. The molecule has 2 heterocycles. The number of rotatable bonds is 5. The van der Waals surface area contributed by atoms with Gasteiger partial charge in [0.25, 0.3) is 0 Å². The van der Waals surface area contributed by atoms with E-state index in [1.165, 1.54) is 62.3 Å². The Morgan fingerprint density at radius 3 is 2.83 bits per heavy atom. The van der Waals surface area contributed by atoms with E-state index in [-0.39, 0.29) is 0 Å². The molecule has 4 nitrogen and oxygen atoms in total. The summed E-state index contributed by atoms with van der Waals surface area (Å²) in [5.41, 5.74) is 1.78. The molecule has 1 aromatic heterocycles. The molecule has 134 valence electrons. The van der Waals surface area contributed by atoms with E-state index in [0.29, 0.717) is 5.41 Å². The van der Waals surface area contributed by atoms with Gasteiger partial charge in [0.2, 0.25) is 0 Å². The van der Waals surface area contributed by atoms with Gasteiger partial charge in [0.05, 0.1) is 10.7 Å². The second-order valence-corrected chi connectivity index (χ2v) is 8.25. The van der Waals surface area contributed by atoms with E-state index in [1.54, 1.807) is 11.3 Å². The minimum Gasteiger partial charge on any atom is -0.357 e. The van der Waals surface area contributed by atoms with E-state index in [9.17, 15) is 0 Å². The largest absolute Gasteiger partial charge is 0.357 e. The van der Waals surface area contributed by atoms with Crippen LogP contribution in [0, 0.1) is 5.41 Å². The van der Waals surface area contributed by atoms with Crippen LogP contribution in [0.3, 0.4) is 0 Å². The van der Waals surface area contributed by atoms with Crippen LogP contribution in [-0.2, 0) is 12.8 Å². The van der Waals surface area contributed by atoms with Gasteiger partial charge in [-0.2, -0.15) is 0 Å². The lowest BCUT2D eigenvalue weighted by molar-refractivity contribution is 0.203. The SMILES string of the molecule is CCNC(=NCCc1csc(CC)n1)N1CCC2(CCCCC2)C1. The summed E-state index contributed by atoms with van der Waals surface area (Å²) in [6.45, 7) is 8.48. The second kappa shape index (κ2) is 8.32. The summed E-state index contributed by atoms with van der Waals surface area (Å²) in [5, 5.41) is 6.93. The fraction of sp³-hybridized carbons (Fsp3) is 0.789. The third-order valence-electron chi connectivity index (χ3n) is 5.52. The number of aliphatic imine (C=N–C) groups is 1. The highest BCUT2D eigenvalue weighted by Crippen LogP contribution is 2.43. The number of guanidine groups is 1. The fourth-order valence-corrected chi connectivity index (χ4v) is 4.93. The Labute approximate surface area is 150 Å². The molecular weight excluding hydrogens is 316 g/mol. The summed E-state index contributed by atoms with van der Waals surface area (Å²) < 4.78 is 0. The normalized spacial score (nSPS) is 20.8. The first kappa shape index (κ1) is 17.7. The summed E-state index contributed by atoms with van der Waals surface area (Å²) in [7, 11) is 0. The zero-order valence-corrected chi connectivity index (χ0v) is 16.1. The molecular formula is C19H32N4S. The van der Waals surface area contributed by atoms with Crippen LogP contribution in [0.2, 0.25) is 0 Å². The molecule has 2 fully saturated rings. The number of thiazole rings is 1. The fourth-order valence-electron chi connectivity index (χ4n) is 4.15. The molecule has 1 saturated heterocycles. The molecule has 24 heavy (non-hydrogen) atoms. The molecule has 0 atom stereocenters. The molecule has 1 spiro atoms. The average molecular weight is 349 g/mol. The van der Waals surface area contributed by atoms with Crippen molar-refractivity contribution in [1.82, 2.24) is 15.2 Å². The highest BCUT2D eigenvalue weighted by Gasteiger charge is 2.39. The molecule has 5 heteroatoms. The maximum atomic E-state index is 4.90. The van der Waals surface area contributed by atoms with E-state index >= 15 is 0 Å². The Kier molecular flexibility index (Phi) is 6.14. The molecule has 1 aliphatic carbocycles. The molecule has 0 bridgehead atoms. The van der Waals surface area contributed by atoms with Gasteiger partial charge in [-0.1, -0.05) is 26.2 Å². The molecule has 1 N–H and O–H groups in total. The van der Waals surface area contributed by atoms with E-state index in [0.717, 1.165) is 31.9 Å². The maximum Gasteiger partial charge on any atom is 0.193 e. The number of nitrogens with one attached hydrogen (secondary N) is 1. The summed E-state index contributed by atoms with van der Waals surface area (Å²) in [4.78, 5) is 12.1. The van der Waals surface area contributed by atoms with Gasteiger partial charge in [-0.15, -0.1) is 11.3 Å². The zero-order valence-electron chi connectivity index (χ0n) is 15.3. The third-order valence-corrected chi connectivity index (χ3v) is 6.56. The van der Waals surface area contributed by atoms with Crippen molar-refractivity contribution in [2.75, 3.05) is 26.2 Å². The average Bonchev–Trinajstić information content (AvgIpc) is 3.22. The lowest BCUT2D eigenvalue weighted by atomic mass is 9.73. The summed E-state index contributed by atoms with van der Waals surface area (Å²) in [6.07, 6.45) is 10.4. The topological polar surface area (TPSA) is 40.5 Å². The molecule has 3 rings (SSSR count). The van der Waals surface area contributed by atoms with E-state index in [2.05, 4.69) is 34.4 Å². The molecule has 1 aromatic rings. The van der Waals surface area contributed by atoms with Gasteiger partial charge in [0.1, 0.15) is 0 Å². The highest BCUT2D eigenvalue weighted by molar-refractivity contribution is 7.09. The van der Waals surface area contributed by atoms with Gasteiger partial charge < -0.3 is 10.2 Å². The minimum absolute atomic E-state index is 0.583. The lowest BCUT2D eigenvalue weighted by Gasteiger charge is -2.33. The smallest absolute Gasteiger partial charge is 0.193 e. The van der Waals surface area contributed by atoms with Crippen LogP contribution in [0.5, 0.6) is 0 Å². The molecule has 2 aliphatic rings. The quantitative estimate of drug-likeness (QED) is 0.649. The number of aromatic nitrogens is 1. The van der Waals surface area contributed by atoms with Crippen LogP contribution in [0.15, 0.2) is 10.4 Å². The van der Waals surface area contributed by atoms with E-state index in [1.807, 2.05) is 0 Å². The first-order valence-corrected chi connectivity index (χ1v) is 10.6. The molecule has 0 aromatic carbocycles. The predicted molar refractivity (Wildman–Crippen MR) is 103 cm³/mol. The Morgan fingerprint density at radius 2 is 2.12 bits per heavy atom. The van der Waals surface area contributed by atoms with E-state index < -0.39 is 0 Å². The van der Waals surface area contributed by atoms with Gasteiger partial charge >= 0.3 is 0 Å². The standard InChI is InChI=1S/C19H32N4S/c1-3-17-22-16(14-24-17)8-12-21-18(20-4-2)23-13-11-19(15-23)9-6-5-7-10-19/h14H,3-13,15H2,1-2H3,(H,20,21). The van der Waals surface area contributed by atoms with Crippen LogP contribution in [0.4, 0.5) is 0 Å². The van der Waals surface area contributed by atoms with Crippen molar-refractivity contribution in [2.45, 2.75) is 65.2 Å². The highest BCUT2D eigenvalue weighted by atomic mass is 32.1. The molecule has 1 saturated carbocycles. The Balaban J connectivity index is 1.57. The number of hydrogen-bond donors (Lipinski definition) is 1. The zero-order chi connectivity index (χ0) is 16.8. The van der Waals surface area contributed by atoms with Crippen molar-refractivity contribution in [3.63, 3.8) is 0 Å². The van der Waals surface area contributed by atoms with Gasteiger partial charge in [-0.05, 0) is 38.0 Å². The maximum absolute atomic E-state index is 4.90. The van der Waals surface area contributed by atoms with Crippen molar-refractivity contribution < 1.29 is 0 Å².